The molecule has 1 saturated heterocycles. The summed E-state index contributed by atoms with van der Waals surface area (Å²) in [4.78, 5) is 12.4. The monoisotopic (exact) mass is 328 g/mol. The van der Waals surface area contributed by atoms with Gasteiger partial charge in [0.25, 0.3) is 0 Å². The van der Waals surface area contributed by atoms with Gasteiger partial charge >= 0.3 is 0 Å². The van der Waals surface area contributed by atoms with E-state index >= 15 is 0 Å². The van der Waals surface area contributed by atoms with Crippen LogP contribution in [0.5, 0.6) is 0 Å². The first-order valence-corrected chi connectivity index (χ1v) is 7.44. The van der Waals surface area contributed by atoms with Gasteiger partial charge in [0.15, 0.2) is 5.90 Å². The van der Waals surface area contributed by atoms with Crippen LogP contribution in [-0.4, -0.2) is 18.4 Å². The standard InChI is InChI=1S/C15H18Cl2N2O2/c1-8(10-5-4-9(16)6-11(10)17)19-14(20)12-13(18)21-7-15(12,2)3/h4-6,8,12,18H,7H2,1-3H3,(H,19,20). The third-order valence-electron chi connectivity index (χ3n) is 3.69. The van der Waals surface area contributed by atoms with Crippen molar-refractivity contribution >= 4 is 35.0 Å². The minimum atomic E-state index is -0.578. The number of nitrogens with one attached hydrogen (secondary N) is 2. The molecule has 0 radical (unpaired) electrons. The van der Waals surface area contributed by atoms with Gasteiger partial charge in [0.1, 0.15) is 5.92 Å². The lowest BCUT2D eigenvalue weighted by molar-refractivity contribution is -0.125. The van der Waals surface area contributed by atoms with Crippen molar-refractivity contribution in [1.82, 2.24) is 5.32 Å². The van der Waals surface area contributed by atoms with E-state index in [0.29, 0.717) is 16.7 Å². The maximum atomic E-state index is 12.4. The summed E-state index contributed by atoms with van der Waals surface area (Å²) < 4.78 is 5.21. The van der Waals surface area contributed by atoms with Gasteiger partial charge < -0.3 is 10.1 Å². The molecule has 2 N–H and O–H groups in total. The molecule has 114 valence electrons. The zero-order valence-corrected chi connectivity index (χ0v) is 13.7. The third kappa shape index (κ3) is 3.33. The topological polar surface area (TPSA) is 62.2 Å². The smallest absolute Gasteiger partial charge is 0.233 e. The molecule has 0 aromatic heterocycles. The SMILES string of the molecule is CC(NC(=O)C1C(=N)OCC1(C)C)c1ccc(Cl)cc1Cl. The third-order valence-corrected chi connectivity index (χ3v) is 4.26. The van der Waals surface area contributed by atoms with Crippen molar-refractivity contribution < 1.29 is 9.53 Å². The van der Waals surface area contributed by atoms with E-state index in [4.69, 9.17) is 33.3 Å². The molecule has 0 aliphatic carbocycles. The van der Waals surface area contributed by atoms with Crippen LogP contribution in [-0.2, 0) is 9.53 Å². The highest BCUT2D eigenvalue weighted by Gasteiger charge is 2.46. The maximum Gasteiger partial charge on any atom is 0.233 e. The number of hydrogen-bond acceptors (Lipinski definition) is 3. The van der Waals surface area contributed by atoms with Gasteiger partial charge in [0.2, 0.25) is 5.91 Å². The summed E-state index contributed by atoms with van der Waals surface area (Å²) in [5.74, 6) is -0.779. The van der Waals surface area contributed by atoms with Gasteiger partial charge in [-0.15, -0.1) is 0 Å². The molecule has 0 saturated carbocycles. The molecular formula is C15H18Cl2N2O2. The van der Waals surface area contributed by atoms with Crippen LogP contribution in [0.3, 0.4) is 0 Å². The van der Waals surface area contributed by atoms with Gasteiger partial charge in [-0.1, -0.05) is 43.1 Å². The van der Waals surface area contributed by atoms with Crippen molar-refractivity contribution in [3.8, 4) is 0 Å². The van der Waals surface area contributed by atoms with Crippen LogP contribution in [0.2, 0.25) is 10.0 Å². The number of rotatable bonds is 3. The largest absolute Gasteiger partial charge is 0.480 e. The highest BCUT2D eigenvalue weighted by atomic mass is 35.5. The van der Waals surface area contributed by atoms with Crippen LogP contribution in [0.1, 0.15) is 32.4 Å². The Hall–Kier alpha value is -1.26. The second kappa shape index (κ2) is 5.85. The van der Waals surface area contributed by atoms with E-state index in [2.05, 4.69) is 5.32 Å². The Labute approximate surface area is 134 Å². The normalized spacial score (nSPS) is 21.8. The van der Waals surface area contributed by atoms with E-state index in [1.807, 2.05) is 20.8 Å². The lowest BCUT2D eigenvalue weighted by Gasteiger charge is -2.24. The Kier molecular flexibility index (Phi) is 4.49. The Morgan fingerprint density at radius 1 is 1.48 bits per heavy atom. The lowest BCUT2D eigenvalue weighted by atomic mass is 9.80. The molecule has 21 heavy (non-hydrogen) atoms. The summed E-state index contributed by atoms with van der Waals surface area (Å²) in [6, 6.07) is 4.89. The second-order valence-corrected chi connectivity index (χ2v) is 6.81. The molecule has 4 nitrogen and oxygen atoms in total. The predicted molar refractivity (Wildman–Crippen MR) is 84.0 cm³/mol. The van der Waals surface area contributed by atoms with Crippen LogP contribution in [0.15, 0.2) is 18.2 Å². The van der Waals surface area contributed by atoms with Crippen LogP contribution >= 0.6 is 23.2 Å². The summed E-state index contributed by atoms with van der Waals surface area (Å²) in [5.41, 5.74) is 0.405. The number of benzene rings is 1. The van der Waals surface area contributed by atoms with Gasteiger partial charge in [-0.3, -0.25) is 10.2 Å². The van der Waals surface area contributed by atoms with Crippen molar-refractivity contribution in [3.63, 3.8) is 0 Å². The van der Waals surface area contributed by atoms with Crippen molar-refractivity contribution in [2.75, 3.05) is 6.61 Å². The van der Waals surface area contributed by atoms with Crippen LogP contribution in [0.4, 0.5) is 0 Å². The fourth-order valence-electron chi connectivity index (χ4n) is 2.49. The summed E-state index contributed by atoms with van der Waals surface area (Å²) in [5, 5.41) is 11.7. The van der Waals surface area contributed by atoms with Gasteiger partial charge in [-0.05, 0) is 24.6 Å². The zero-order valence-electron chi connectivity index (χ0n) is 12.2. The number of halogens is 2. The summed E-state index contributed by atoms with van der Waals surface area (Å²) in [7, 11) is 0. The van der Waals surface area contributed by atoms with Gasteiger partial charge in [0, 0.05) is 15.5 Å². The van der Waals surface area contributed by atoms with E-state index in [-0.39, 0.29) is 23.3 Å². The number of carbonyl (C=O) groups excluding carboxylic acids is 1. The zero-order chi connectivity index (χ0) is 15.8. The van der Waals surface area contributed by atoms with E-state index in [1.165, 1.54) is 0 Å². The number of amides is 1. The quantitative estimate of drug-likeness (QED) is 0.885. The number of ether oxygens (including phenoxy) is 1. The molecule has 1 fully saturated rings. The van der Waals surface area contributed by atoms with E-state index in [0.717, 1.165) is 5.56 Å². The molecule has 1 amide bonds. The summed E-state index contributed by atoms with van der Waals surface area (Å²) >= 11 is 12.0. The second-order valence-electron chi connectivity index (χ2n) is 5.97. The van der Waals surface area contributed by atoms with Crippen LogP contribution in [0.25, 0.3) is 0 Å². The first-order chi connectivity index (χ1) is 9.72. The summed E-state index contributed by atoms with van der Waals surface area (Å²) in [6.07, 6.45) is 0. The van der Waals surface area contributed by atoms with Gasteiger partial charge in [0.05, 0.1) is 12.6 Å². The van der Waals surface area contributed by atoms with Crippen molar-refractivity contribution in [3.05, 3.63) is 33.8 Å². The van der Waals surface area contributed by atoms with E-state index in [1.54, 1.807) is 18.2 Å². The molecule has 2 atom stereocenters. The van der Waals surface area contributed by atoms with Crippen molar-refractivity contribution in [1.29, 1.82) is 5.41 Å². The Morgan fingerprint density at radius 3 is 2.67 bits per heavy atom. The molecule has 6 heteroatoms. The molecule has 1 aliphatic rings. The Balaban J connectivity index is 2.14. The average Bonchev–Trinajstić information content (AvgIpc) is 2.62. The van der Waals surface area contributed by atoms with Gasteiger partial charge in [-0.2, -0.15) is 0 Å². The lowest BCUT2D eigenvalue weighted by Crippen LogP contribution is -2.41. The van der Waals surface area contributed by atoms with Crippen molar-refractivity contribution in [2.45, 2.75) is 26.8 Å². The molecule has 2 unspecified atom stereocenters. The molecule has 2 rings (SSSR count). The van der Waals surface area contributed by atoms with Crippen LogP contribution < -0.4 is 5.32 Å². The minimum absolute atomic E-state index is 0.0203. The Morgan fingerprint density at radius 2 is 2.14 bits per heavy atom. The number of carbonyl (C=O) groups is 1. The fraction of sp³-hybridized carbons (Fsp3) is 0.467. The maximum absolute atomic E-state index is 12.4. The highest BCUT2D eigenvalue weighted by molar-refractivity contribution is 6.35. The number of hydrogen-bond donors (Lipinski definition) is 2. The molecule has 1 heterocycles. The Bertz CT molecular complexity index is 587. The molecule has 0 spiro atoms. The average molecular weight is 329 g/mol. The van der Waals surface area contributed by atoms with E-state index in [9.17, 15) is 4.79 Å². The minimum Gasteiger partial charge on any atom is -0.480 e. The molecule has 1 aliphatic heterocycles. The highest BCUT2D eigenvalue weighted by Crippen LogP contribution is 2.35. The first kappa shape index (κ1) is 16.1. The van der Waals surface area contributed by atoms with Crippen molar-refractivity contribution in [2.24, 2.45) is 11.3 Å². The molecular weight excluding hydrogens is 311 g/mol. The fourth-order valence-corrected chi connectivity index (χ4v) is 3.06. The molecule has 0 bridgehead atoms. The van der Waals surface area contributed by atoms with Gasteiger partial charge in [-0.25, -0.2) is 0 Å². The molecule has 1 aromatic rings. The first-order valence-electron chi connectivity index (χ1n) is 6.69. The molecule has 1 aromatic carbocycles. The summed E-state index contributed by atoms with van der Waals surface area (Å²) in [6.45, 7) is 6.05. The van der Waals surface area contributed by atoms with Crippen LogP contribution in [0, 0.1) is 16.7 Å². The van der Waals surface area contributed by atoms with E-state index < -0.39 is 5.92 Å². The predicted octanol–water partition coefficient (Wildman–Crippen LogP) is 3.82.